The molecule has 1 aliphatic carbocycles. The van der Waals surface area contributed by atoms with Crippen molar-refractivity contribution in [3.8, 4) is 11.5 Å². The van der Waals surface area contributed by atoms with Gasteiger partial charge in [-0.15, -0.1) is 0 Å². The van der Waals surface area contributed by atoms with E-state index < -0.39 is 46.4 Å². The van der Waals surface area contributed by atoms with Gasteiger partial charge in [0.05, 0.1) is 6.61 Å². The third kappa shape index (κ3) is 5.09. The zero-order chi connectivity index (χ0) is 21.8. The van der Waals surface area contributed by atoms with Gasteiger partial charge in [0.1, 0.15) is 28.7 Å². The van der Waals surface area contributed by atoms with E-state index >= 15 is 0 Å². The number of hydrogen-bond acceptors (Lipinski definition) is 3. The molecule has 1 aliphatic rings. The number of hydrogen-bond donors (Lipinski definition) is 0. The van der Waals surface area contributed by atoms with Crippen LogP contribution < -0.4 is 9.47 Å². The average molecular weight is 428 g/mol. The van der Waals surface area contributed by atoms with Crippen LogP contribution in [-0.2, 0) is 0 Å². The average Bonchev–Trinajstić information content (AvgIpc) is 2.70. The maximum Gasteiger partial charge on any atom is 0.349 e. The Bertz CT molecular complexity index is 877. The van der Waals surface area contributed by atoms with Gasteiger partial charge < -0.3 is 9.47 Å². The Kier molecular flexibility index (Phi) is 6.95. The molecular weight excluding hydrogens is 407 g/mol. The zero-order valence-electron chi connectivity index (χ0n) is 16.3. The molecule has 0 N–H and O–H groups in total. The molecule has 3 rings (SSSR count). The van der Waals surface area contributed by atoms with Gasteiger partial charge in [0.2, 0.25) is 0 Å². The number of carbonyl (C=O) groups excluding carboxylic acids is 1. The van der Waals surface area contributed by atoms with E-state index in [-0.39, 0.29) is 5.75 Å². The first-order valence-corrected chi connectivity index (χ1v) is 9.77. The van der Waals surface area contributed by atoms with Gasteiger partial charge in [0.25, 0.3) is 0 Å². The van der Waals surface area contributed by atoms with Gasteiger partial charge in [0, 0.05) is 24.3 Å². The number of esters is 1. The third-order valence-corrected chi connectivity index (χ3v) is 5.42. The number of rotatable bonds is 6. The summed E-state index contributed by atoms with van der Waals surface area (Å²) in [5.74, 6) is -8.74. The third-order valence-electron chi connectivity index (χ3n) is 5.42. The van der Waals surface area contributed by atoms with Crippen LogP contribution >= 0.6 is 0 Å². The van der Waals surface area contributed by atoms with Crippen molar-refractivity contribution in [2.75, 3.05) is 6.61 Å². The lowest BCUT2D eigenvalue weighted by atomic mass is 9.81. The fourth-order valence-corrected chi connectivity index (χ4v) is 3.60. The monoisotopic (exact) mass is 428 g/mol. The van der Waals surface area contributed by atoms with Crippen molar-refractivity contribution in [1.82, 2.24) is 0 Å². The first kappa shape index (κ1) is 22.1. The molecule has 0 bridgehead atoms. The smallest absolute Gasteiger partial charge is 0.349 e. The number of carbonyl (C=O) groups is 1. The Hall–Kier alpha value is -2.64. The Morgan fingerprint density at radius 1 is 0.833 bits per heavy atom. The minimum absolute atomic E-state index is 0.0713. The van der Waals surface area contributed by atoms with Crippen LogP contribution in [0.15, 0.2) is 24.3 Å². The molecule has 2 aromatic rings. The molecule has 1 fully saturated rings. The van der Waals surface area contributed by atoms with Crippen molar-refractivity contribution in [3.05, 3.63) is 58.9 Å². The van der Waals surface area contributed by atoms with Crippen LogP contribution in [0.25, 0.3) is 0 Å². The SMILES string of the molecule is CC[C@H]1CC[C@H](COc2cc(F)c(C(=O)Oc3cc(F)c(F)c(F)c3)c(F)c2)CC1. The first-order valence-electron chi connectivity index (χ1n) is 9.77. The summed E-state index contributed by atoms with van der Waals surface area (Å²) in [5, 5.41) is 0. The van der Waals surface area contributed by atoms with Crippen LogP contribution in [0.3, 0.4) is 0 Å². The van der Waals surface area contributed by atoms with Crippen molar-refractivity contribution in [3.63, 3.8) is 0 Å². The highest BCUT2D eigenvalue weighted by Gasteiger charge is 2.24. The molecule has 0 unspecified atom stereocenters. The van der Waals surface area contributed by atoms with Crippen molar-refractivity contribution in [2.45, 2.75) is 39.0 Å². The molecule has 0 aliphatic heterocycles. The summed E-state index contributed by atoms with van der Waals surface area (Å²) in [6.45, 7) is 2.47. The minimum Gasteiger partial charge on any atom is -0.493 e. The van der Waals surface area contributed by atoms with Gasteiger partial charge in [-0.3, -0.25) is 0 Å². The van der Waals surface area contributed by atoms with Gasteiger partial charge in [-0.1, -0.05) is 26.2 Å². The van der Waals surface area contributed by atoms with Crippen molar-refractivity contribution in [1.29, 1.82) is 0 Å². The summed E-state index contributed by atoms with van der Waals surface area (Å²) in [6, 6.07) is 2.50. The predicted molar refractivity (Wildman–Crippen MR) is 98.9 cm³/mol. The minimum atomic E-state index is -1.75. The highest BCUT2D eigenvalue weighted by Crippen LogP contribution is 2.31. The Labute approximate surface area is 170 Å². The number of benzene rings is 2. The normalized spacial score (nSPS) is 18.9. The van der Waals surface area contributed by atoms with E-state index in [2.05, 4.69) is 11.7 Å². The van der Waals surface area contributed by atoms with Crippen LogP contribution in [0.5, 0.6) is 11.5 Å². The lowest BCUT2D eigenvalue weighted by molar-refractivity contribution is 0.0723. The van der Waals surface area contributed by atoms with Crippen molar-refractivity contribution < 1.29 is 36.2 Å². The summed E-state index contributed by atoms with van der Waals surface area (Å²) in [4.78, 5) is 12.1. The molecule has 0 heterocycles. The lowest BCUT2D eigenvalue weighted by Gasteiger charge is -2.27. The van der Waals surface area contributed by atoms with Crippen molar-refractivity contribution in [2.24, 2.45) is 11.8 Å². The van der Waals surface area contributed by atoms with E-state index in [0.29, 0.717) is 30.6 Å². The maximum absolute atomic E-state index is 14.3. The topological polar surface area (TPSA) is 35.5 Å². The molecular formula is C22H21F5O3. The van der Waals surface area contributed by atoms with Gasteiger partial charge >= 0.3 is 5.97 Å². The molecule has 1 saturated carbocycles. The van der Waals surface area contributed by atoms with Crippen molar-refractivity contribution >= 4 is 5.97 Å². The maximum atomic E-state index is 14.3. The Morgan fingerprint density at radius 3 is 1.87 bits per heavy atom. The lowest BCUT2D eigenvalue weighted by Crippen LogP contribution is -2.20. The van der Waals surface area contributed by atoms with Gasteiger partial charge in [0.15, 0.2) is 17.5 Å². The summed E-state index contributed by atoms with van der Waals surface area (Å²) in [6.07, 6.45) is 5.31. The van der Waals surface area contributed by atoms with E-state index in [1.807, 2.05) is 0 Å². The van der Waals surface area contributed by atoms with Crippen LogP contribution in [0.1, 0.15) is 49.4 Å². The predicted octanol–water partition coefficient (Wildman–Crippen LogP) is 6.20. The molecule has 2 aromatic carbocycles. The standard InChI is InChI=1S/C22H21F5O3/c1-2-12-3-5-13(6-4-12)11-29-14-7-16(23)20(17(24)8-14)22(28)30-15-9-18(25)21(27)19(26)10-15/h7-10,12-13H,2-6,11H2,1H3/t12-,13-. The largest absolute Gasteiger partial charge is 0.493 e. The summed E-state index contributed by atoms with van der Waals surface area (Å²) < 4.78 is 78.1. The summed E-state index contributed by atoms with van der Waals surface area (Å²) in [5.41, 5.74) is -1.05. The summed E-state index contributed by atoms with van der Waals surface area (Å²) in [7, 11) is 0. The number of ether oxygens (including phenoxy) is 2. The molecule has 8 heteroatoms. The fraction of sp³-hybridized carbons (Fsp3) is 0.409. The molecule has 162 valence electrons. The molecule has 0 atom stereocenters. The first-order chi connectivity index (χ1) is 14.3. The fourth-order valence-electron chi connectivity index (χ4n) is 3.60. The molecule has 30 heavy (non-hydrogen) atoms. The second-order valence-electron chi connectivity index (χ2n) is 7.46. The molecule has 0 aromatic heterocycles. The van der Waals surface area contributed by atoms with Crippen LogP contribution in [0.4, 0.5) is 22.0 Å². The highest BCUT2D eigenvalue weighted by molar-refractivity contribution is 5.91. The van der Waals surface area contributed by atoms with E-state index in [9.17, 15) is 26.7 Å². The second-order valence-corrected chi connectivity index (χ2v) is 7.46. The highest BCUT2D eigenvalue weighted by atomic mass is 19.2. The van der Waals surface area contributed by atoms with E-state index in [0.717, 1.165) is 44.2 Å². The zero-order valence-corrected chi connectivity index (χ0v) is 16.3. The molecule has 0 saturated heterocycles. The van der Waals surface area contributed by atoms with E-state index in [1.165, 1.54) is 0 Å². The van der Waals surface area contributed by atoms with Gasteiger partial charge in [-0.2, -0.15) is 0 Å². The molecule has 0 spiro atoms. The molecule has 0 radical (unpaired) electrons. The van der Waals surface area contributed by atoms with Crippen LogP contribution in [0.2, 0.25) is 0 Å². The van der Waals surface area contributed by atoms with Gasteiger partial charge in [-0.05, 0) is 24.7 Å². The van der Waals surface area contributed by atoms with Crippen LogP contribution in [0, 0.1) is 40.9 Å². The Morgan fingerprint density at radius 2 is 1.33 bits per heavy atom. The number of halogens is 5. The van der Waals surface area contributed by atoms with Crippen LogP contribution in [-0.4, -0.2) is 12.6 Å². The molecule has 0 amide bonds. The van der Waals surface area contributed by atoms with Gasteiger partial charge in [-0.25, -0.2) is 26.7 Å². The summed E-state index contributed by atoms with van der Waals surface area (Å²) >= 11 is 0. The van der Waals surface area contributed by atoms with E-state index in [1.54, 1.807) is 0 Å². The van der Waals surface area contributed by atoms with E-state index in [4.69, 9.17) is 4.74 Å². The second kappa shape index (κ2) is 9.45. The Balaban J connectivity index is 1.66. The molecule has 3 nitrogen and oxygen atoms in total. The quantitative estimate of drug-likeness (QED) is 0.238.